The second-order valence-electron chi connectivity index (χ2n) is 11.4. The number of nitrogens with two attached hydrogens (primary N) is 1. The summed E-state index contributed by atoms with van der Waals surface area (Å²) in [6.45, 7) is 4.45. The molecule has 0 aromatic heterocycles. The first-order chi connectivity index (χ1) is 19.4. The summed E-state index contributed by atoms with van der Waals surface area (Å²) in [5, 5.41) is 0. The molecule has 0 bridgehead atoms. The first kappa shape index (κ1) is 46.7. The number of carbonyl (C=O) groups excluding carboxylic acids is 4. The normalized spacial score (nSPS) is 11.2. The molecule has 0 saturated heterocycles. The van der Waals surface area contributed by atoms with E-state index in [1.165, 1.54) is 103 Å². The summed E-state index contributed by atoms with van der Waals surface area (Å²) in [6.07, 6.45) is 26.2. The van der Waals surface area contributed by atoms with Crippen LogP contribution in [0.2, 0.25) is 0 Å². The molecule has 7 nitrogen and oxygen atoms in total. The third kappa shape index (κ3) is 33.1. The Morgan fingerprint density at radius 1 is 0.452 bits per heavy atom. The molecule has 9 heteroatoms. The zero-order valence-electron chi connectivity index (χ0n) is 26.0. The number of hydrogen-bond acceptors (Lipinski definition) is 7. The van der Waals surface area contributed by atoms with Crippen LogP contribution in [-0.2, 0) is 28.7 Å². The van der Waals surface area contributed by atoms with Gasteiger partial charge in [-0.3, -0.25) is 14.4 Å². The van der Waals surface area contributed by atoms with Gasteiger partial charge in [0, 0.05) is 19.3 Å². The van der Waals surface area contributed by atoms with E-state index in [-0.39, 0.29) is 84.8 Å². The molecule has 42 heavy (non-hydrogen) atoms. The number of carbonyl (C=O) groups is 4. The Labute approximate surface area is 301 Å². The Bertz CT molecular complexity index is 662. The summed E-state index contributed by atoms with van der Waals surface area (Å²) in [5.41, 5.74) is 5.76. The van der Waals surface area contributed by atoms with Gasteiger partial charge >= 0.3 is 83.0 Å². The van der Waals surface area contributed by atoms with Crippen LogP contribution in [-0.4, -0.2) is 89.0 Å². The Hall–Kier alpha value is 0.240. The molecule has 0 aromatic rings. The van der Waals surface area contributed by atoms with Crippen molar-refractivity contribution in [3.8, 4) is 0 Å². The average Bonchev–Trinajstić information content (AvgIpc) is 2.93. The summed E-state index contributed by atoms with van der Waals surface area (Å²) < 4.78 is 9.64. The average molecular weight is 616 g/mol. The van der Waals surface area contributed by atoms with Crippen molar-refractivity contribution < 1.29 is 28.7 Å². The third-order valence-corrected chi connectivity index (χ3v) is 7.37. The SMILES string of the molecule is CCCCCCCCCCCCCC(=O)OC(=O)CC[C@H](N)C(=O)OC(=O)CCCCCCCCCCCCC.[NaH].[NaH]. The minimum atomic E-state index is -1.10. The summed E-state index contributed by atoms with van der Waals surface area (Å²) in [7, 11) is 0. The topological polar surface area (TPSA) is 113 Å². The molecular weight excluding hydrogens is 552 g/mol. The quantitative estimate of drug-likeness (QED) is 0.0424. The van der Waals surface area contributed by atoms with Gasteiger partial charge in [0.2, 0.25) is 0 Å². The number of rotatable bonds is 28. The summed E-state index contributed by atoms with van der Waals surface area (Å²) in [6, 6.07) is -1.10. The number of esters is 4. The fourth-order valence-electron chi connectivity index (χ4n) is 4.73. The minimum absolute atomic E-state index is 0. The van der Waals surface area contributed by atoms with E-state index in [0.717, 1.165) is 25.7 Å². The molecule has 0 aliphatic heterocycles. The maximum absolute atomic E-state index is 12.0. The van der Waals surface area contributed by atoms with E-state index in [9.17, 15) is 19.2 Å². The van der Waals surface area contributed by atoms with Gasteiger partial charge in [-0.05, 0) is 19.3 Å². The van der Waals surface area contributed by atoms with Crippen molar-refractivity contribution in [2.75, 3.05) is 0 Å². The molecule has 0 saturated carbocycles. The third-order valence-electron chi connectivity index (χ3n) is 7.37. The van der Waals surface area contributed by atoms with Crippen LogP contribution >= 0.6 is 0 Å². The van der Waals surface area contributed by atoms with Crippen LogP contribution in [0.15, 0.2) is 0 Å². The molecule has 238 valence electrons. The molecule has 0 radical (unpaired) electrons. The Kier molecular flexibility index (Phi) is 39.7. The molecule has 2 N–H and O–H groups in total. The Morgan fingerprint density at radius 3 is 1.10 bits per heavy atom. The molecule has 0 aliphatic rings. The van der Waals surface area contributed by atoms with E-state index in [0.29, 0.717) is 12.8 Å². The Balaban J connectivity index is -0.00000760. The molecule has 0 aromatic carbocycles. The van der Waals surface area contributed by atoms with Gasteiger partial charge in [0.05, 0.1) is 0 Å². The van der Waals surface area contributed by atoms with Crippen molar-refractivity contribution >= 4 is 83.0 Å². The van der Waals surface area contributed by atoms with Crippen molar-refractivity contribution in [2.45, 2.75) is 187 Å². The summed E-state index contributed by atoms with van der Waals surface area (Å²) >= 11 is 0. The molecular formula is C33H63NNa2O6. The first-order valence-electron chi connectivity index (χ1n) is 16.6. The van der Waals surface area contributed by atoms with E-state index in [1.807, 2.05) is 0 Å². The maximum atomic E-state index is 12.0. The molecule has 0 heterocycles. The standard InChI is InChI=1S/C33H61NO6.2Na.2H/c1-3-5-7-9-11-13-15-17-19-21-23-25-30(35)39-32(37)28-27-29(34)33(38)40-31(36)26-24-22-20-18-16-14-12-10-8-6-4-2;;;;/h29H,3-28,34H2,1-2H3;;;;/t29-;;;;/m0..../s1. The molecule has 1 atom stereocenters. The van der Waals surface area contributed by atoms with Gasteiger partial charge in [0.1, 0.15) is 6.04 Å². The first-order valence-corrected chi connectivity index (χ1v) is 16.6. The number of unbranched alkanes of at least 4 members (excludes halogenated alkanes) is 20. The van der Waals surface area contributed by atoms with Crippen molar-refractivity contribution in [2.24, 2.45) is 5.73 Å². The molecule has 0 spiro atoms. The molecule has 0 rings (SSSR count). The zero-order chi connectivity index (χ0) is 29.7. The van der Waals surface area contributed by atoms with Crippen LogP contribution in [0.1, 0.15) is 181 Å². The van der Waals surface area contributed by atoms with Gasteiger partial charge in [-0.25, -0.2) is 4.79 Å². The van der Waals surface area contributed by atoms with Crippen LogP contribution in [0, 0.1) is 0 Å². The van der Waals surface area contributed by atoms with Crippen LogP contribution in [0.3, 0.4) is 0 Å². The molecule has 0 amide bonds. The molecule has 0 aliphatic carbocycles. The van der Waals surface area contributed by atoms with E-state index < -0.39 is 29.9 Å². The van der Waals surface area contributed by atoms with E-state index in [4.69, 9.17) is 15.2 Å². The van der Waals surface area contributed by atoms with Crippen LogP contribution in [0.4, 0.5) is 0 Å². The summed E-state index contributed by atoms with van der Waals surface area (Å²) in [4.78, 5) is 47.7. The monoisotopic (exact) mass is 615 g/mol. The van der Waals surface area contributed by atoms with E-state index in [1.54, 1.807) is 0 Å². The van der Waals surface area contributed by atoms with Crippen molar-refractivity contribution in [3.63, 3.8) is 0 Å². The predicted molar refractivity (Wildman–Crippen MR) is 176 cm³/mol. The van der Waals surface area contributed by atoms with Gasteiger partial charge < -0.3 is 15.2 Å². The Morgan fingerprint density at radius 2 is 0.738 bits per heavy atom. The second kappa shape index (κ2) is 35.7. The molecule has 0 unspecified atom stereocenters. The van der Waals surface area contributed by atoms with Gasteiger partial charge in [0.25, 0.3) is 0 Å². The van der Waals surface area contributed by atoms with Gasteiger partial charge in [-0.1, -0.05) is 142 Å². The van der Waals surface area contributed by atoms with Gasteiger partial charge in [0.15, 0.2) is 0 Å². The van der Waals surface area contributed by atoms with Crippen LogP contribution in [0.25, 0.3) is 0 Å². The van der Waals surface area contributed by atoms with E-state index >= 15 is 0 Å². The summed E-state index contributed by atoms with van der Waals surface area (Å²) in [5.74, 6) is -2.67. The number of ether oxygens (including phenoxy) is 2. The van der Waals surface area contributed by atoms with Crippen LogP contribution in [0.5, 0.6) is 0 Å². The number of hydrogen-bond donors (Lipinski definition) is 1. The van der Waals surface area contributed by atoms with Crippen LogP contribution < -0.4 is 5.73 Å². The van der Waals surface area contributed by atoms with Crippen molar-refractivity contribution in [1.29, 1.82) is 0 Å². The fraction of sp³-hybridized carbons (Fsp3) is 0.879. The second-order valence-corrected chi connectivity index (χ2v) is 11.4. The van der Waals surface area contributed by atoms with Gasteiger partial charge in [-0.15, -0.1) is 0 Å². The predicted octanol–water partition coefficient (Wildman–Crippen LogP) is 7.34. The molecule has 0 fully saturated rings. The van der Waals surface area contributed by atoms with Crippen molar-refractivity contribution in [1.82, 2.24) is 0 Å². The fourth-order valence-corrected chi connectivity index (χ4v) is 4.73. The van der Waals surface area contributed by atoms with Gasteiger partial charge in [-0.2, -0.15) is 0 Å². The zero-order valence-corrected chi connectivity index (χ0v) is 26.0. The van der Waals surface area contributed by atoms with E-state index in [2.05, 4.69) is 13.8 Å². The van der Waals surface area contributed by atoms with Crippen molar-refractivity contribution in [3.05, 3.63) is 0 Å².